The highest BCUT2D eigenvalue weighted by atomic mass is 127. The Labute approximate surface area is 202 Å². The second kappa shape index (κ2) is 13.9. The van der Waals surface area contributed by atoms with Crippen LogP contribution in [-0.2, 0) is 11.3 Å². The van der Waals surface area contributed by atoms with Crippen molar-refractivity contribution in [1.82, 2.24) is 15.5 Å². The number of guanidine groups is 1. The maximum Gasteiger partial charge on any atom is 0.191 e. The molecule has 1 aliphatic heterocycles. The molecule has 7 heteroatoms. The van der Waals surface area contributed by atoms with Crippen LogP contribution < -0.4 is 10.6 Å². The fourth-order valence-corrected chi connectivity index (χ4v) is 4.23. The van der Waals surface area contributed by atoms with Crippen molar-refractivity contribution in [2.24, 2.45) is 4.99 Å². The monoisotopic (exact) mass is 540 g/mol. The largest absolute Gasteiger partial charge is 0.383 e. The fourth-order valence-electron chi connectivity index (χ4n) is 3.40. The molecule has 0 bridgehead atoms. The summed E-state index contributed by atoms with van der Waals surface area (Å²) in [7, 11) is 3.60. The van der Waals surface area contributed by atoms with Crippen LogP contribution in [0.2, 0.25) is 0 Å². The van der Waals surface area contributed by atoms with Gasteiger partial charge in [-0.15, -0.1) is 24.0 Å². The Balaban J connectivity index is 0.00000320. The SMILES string of the molecule is CN=C(NCc1ccc(Sc2ccccc2)cc1)NC1CCN(CCOC)CC1.I. The molecule has 0 aromatic heterocycles. The number of hydrogen-bond acceptors (Lipinski definition) is 4. The average molecular weight is 541 g/mol. The lowest BCUT2D eigenvalue weighted by Gasteiger charge is -2.32. The van der Waals surface area contributed by atoms with Gasteiger partial charge in [0.1, 0.15) is 0 Å². The van der Waals surface area contributed by atoms with Crippen molar-refractivity contribution in [2.45, 2.75) is 35.2 Å². The molecule has 0 amide bonds. The molecule has 2 aromatic rings. The molecule has 2 aromatic carbocycles. The summed E-state index contributed by atoms with van der Waals surface area (Å²) in [6.07, 6.45) is 2.27. The molecule has 2 N–H and O–H groups in total. The van der Waals surface area contributed by atoms with Crippen molar-refractivity contribution in [2.75, 3.05) is 40.4 Å². The van der Waals surface area contributed by atoms with E-state index < -0.39 is 0 Å². The minimum absolute atomic E-state index is 0. The molecule has 1 heterocycles. The van der Waals surface area contributed by atoms with Crippen LogP contribution in [0.25, 0.3) is 0 Å². The van der Waals surface area contributed by atoms with E-state index in [2.05, 4.69) is 69.1 Å². The topological polar surface area (TPSA) is 48.9 Å². The van der Waals surface area contributed by atoms with Crippen LogP contribution in [0.4, 0.5) is 0 Å². The number of halogens is 1. The van der Waals surface area contributed by atoms with Crippen LogP contribution in [0.1, 0.15) is 18.4 Å². The van der Waals surface area contributed by atoms with Crippen LogP contribution in [0, 0.1) is 0 Å². The third-order valence-electron chi connectivity index (χ3n) is 5.13. The molecule has 0 unspecified atom stereocenters. The number of likely N-dealkylation sites (tertiary alicyclic amines) is 1. The van der Waals surface area contributed by atoms with E-state index in [0.717, 1.165) is 51.6 Å². The number of nitrogens with zero attached hydrogens (tertiary/aromatic N) is 2. The zero-order chi connectivity index (χ0) is 20.3. The smallest absolute Gasteiger partial charge is 0.191 e. The molecule has 0 atom stereocenters. The molecule has 1 fully saturated rings. The number of methoxy groups -OCH3 is 1. The molecule has 0 spiro atoms. The Morgan fingerprint density at radius 2 is 1.73 bits per heavy atom. The van der Waals surface area contributed by atoms with Gasteiger partial charge in [0, 0.05) is 56.2 Å². The van der Waals surface area contributed by atoms with Gasteiger partial charge in [-0.2, -0.15) is 0 Å². The van der Waals surface area contributed by atoms with Gasteiger partial charge in [-0.25, -0.2) is 0 Å². The normalized spacial score (nSPS) is 15.5. The van der Waals surface area contributed by atoms with Gasteiger partial charge in [0.2, 0.25) is 0 Å². The molecule has 3 rings (SSSR count). The molecule has 0 saturated carbocycles. The van der Waals surface area contributed by atoms with Crippen molar-refractivity contribution in [3.05, 3.63) is 60.2 Å². The first kappa shape index (κ1) is 25.0. The van der Waals surface area contributed by atoms with Gasteiger partial charge < -0.3 is 20.3 Å². The van der Waals surface area contributed by atoms with E-state index in [4.69, 9.17) is 4.74 Å². The summed E-state index contributed by atoms with van der Waals surface area (Å²) in [6, 6.07) is 19.7. The standard InChI is InChI=1S/C23H32N4OS.HI/c1-24-23(26-20-12-14-27(15-13-20)16-17-28-2)25-18-19-8-10-22(11-9-19)29-21-6-4-3-5-7-21;/h3-11,20H,12-18H2,1-2H3,(H2,24,25,26);1H. The highest BCUT2D eigenvalue weighted by molar-refractivity contribution is 14.0. The summed E-state index contributed by atoms with van der Waals surface area (Å²) < 4.78 is 5.18. The van der Waals surface area contributed by atoms with Gasteiger partial charge >= 0.3 is 0 Å². The molecular weight excluding hydrogens is 507 g/mol. The highest BCUT2D eigenvalue weighted by Crippen LogP contribution is 2.27. The lowest BCUT2D eigenvalue weighted by molar-refractivity contribution is 0.128. The van der Waals surface area contributed by atoms with E-state index in [-0.39, 0.29) is 24.0 Å². The van der Waals surface area contributed by atoms with Crippen molar-refractivity contribution in [3.8, 4) is 0 Å². The zero-order valence-corrected chi connectivity index (χ0v) is 21.0. The van der Waals surface area contributed by atoms with E-state index in [1.807, 2.05) is 13.1 Å². The Morgan fingerprint density at radius 3 is 2.37 bits per heavy atom. The number of piperidine rings is 1. The number of ether oxygens (including phenoxy) is 1. The van der Waals surface area contributed by atoms with Gasteiger partial charge in [0.05, 0.1) is 6.61 Å². The van der Waals surface area contributed by atoms with Crippen molar-refractivity contribution < 1.29 is 4.74 Å². The molecular formula is C23H33IN4OS. The van der Waals surface area contributed by atoms with E-state index in [9.17, 15) is 0 Å². The van der Waals surface area contributed by atoms with Crippen LogP contribution in [0.15, 0.2) is 69.4 Å². The Hall–Kier alpha value is -1.29. The van der Waals surface area contributed by atoms with Gasteiger partial charge in [-0.1, -0.05) is 42.1 Å². The summed E-state index contributed by atoms with van der Waals surface area (Å²) >= 11 is 1.79. The first-order chi connectivity index (χ1) is 14.3. The second-order valence-electron chi connectivity index (χ2n) is 7.24. The Kier molecular flexibility index (Phi) is 11.6. The summed E-state index contributed by atoms with van der Waals surface area (Å²) in [5, 5.41) is 7.02. The lowest BCUT2D eigenvalue weighted by atomic mass is 10.1. The average Bonchev–Trinajstić information content (AvgIpc) is 2.77. The van der Waals surface area contributed by atoms with Crippen LogP contribution >= 0.6 is 35.7 Å². The Morgan fingerprint density at radius 1 is 1.07 bits per heavy atom. The first-order valence-electron chi connectivity index (χ1n) is 10.3. The van der Waals surface area contributed by atoms with Crippen molar-refractivity contribution >= 4 is 41.7 Å². The van der Waals surface area contributed by atoms with E-state index in [1.54, 1.807) is 18.9 Å². The maximum absolute atomic E-state index is 5.18. The molecule has 1 aliphatic rings. The maximum atomic E-state index is 5.18. The van der Waals surface area contributed by atoms with E-state index in [1.165, 1.54) is 15.4 Å². The predicted molar refractivity (Wildman–Crippen MR) is 137 cm³/mol. The number of benzene rings is 2. The van der Waals surface area contributed by atoms with Crippen LogP contribution in [0.5, 0.6) is 0 Å². The van der Waals surface area contributed by atoms with Crippen LogP contribution in [-0.4, -0.2) is 57.3 Å². The highest BCUT2D eigenvalue weighted by Gasteiger charge is 2.19. The molecule has 5 nitrogen and oxygen atoms in total. The van der Waals surface area contributed by atoms with E-state index >= 15 is 0 Å². The van der Waals surface area contributed by atoms with E-state index in [0.29, 0.717) is 6.04 Å². The number of aliphatic imine (C=N–C) groups is 1. The van der Waals surface area contributed by atoms with Crippen molar-refractivity contribution in [1.29, 1.82) is 0 Å². The predicted octanol–water partition coefficient (Wildman–Crippen LogP) is 4.23. The minimum Gasteiger partial charge on any atom is -0.383 e. The molecule has 0 aliphatic carbocycles. The molecule has 164 valence electrons. The molecule has 0 radical (unpaired) electrons. The summed E-state index contributed by atoms with van der Waals surface area (Å²) in [5.74, 6) is 0.878. The summed E-state index contributed by atoms with van der Waals surface area (Å²) in [4.78, 5) is 9.37. The van der Waals surface area contributed by atoms with Gasteiger partial charge in [0.15, 0.2) is 5.96 Å². The minimum atomic E-state index is 0. The summed E-state index contributed by atoms with van der Waals surface area (Å²) in [6.45, 7) is 4.82. The summed E-state index contributed by atoms with van der Waals surface area (Å²) in [5.41, 5.74) is 1.25. The number of hydrogen-bond donors (Lipinski definition) is 2. The van der Waals surface area contributed by atoms with Gasteiger partial charge in [-0.3, -0.25) is 4.99 Å². The second-order valence-corrected chi connectivity index (χ2v) is 8.38. The first-order valence-corrected chi connectivity index (χ1v) is 11.1. The molecule has 30 heavy (non-hydrogen) atoms. The zero-order valence-electron chi connectivity index (χ0n) is 17.8. The lowest BCUT2D eigenvalue weighted by Crippen LogP contribution is -2.48. The number of nitrogens with one attached hydrogen (secondary N) is 2. The Bertz CT molecular complexity index is 750. The van der Waals surface area contributed by atoms with Gasteiger partial charge in [0.25, 0.3) is 0 Å². The molecule has 1 saturated heterocycles. The van der Waals surface area contributed by atoms with Gasteiger partial charge in [-0.05, 0) is 42.7 Å². The van der Waals surface area contributed by atoms with Crippen molar-refractivity contribution in [3.63, 3.8) is 0 Å². The van der Waals surface area contributed by atoms with Crippen LogP contribution in [0.3, 0.4) is 0 Å². The number of rotatable bonds is 8. The fraction of sp³-hybridized carbons (Fsp3) is 0.435. The third kappa shape index (κ3) is 8.45. The third-order valence-corrected chi connectivity index (χ3v) is 6.14. The quantitative estimate of drug-likeness (QED) is 0.298.